The summed E-state index contributed by atoms with van der Waals surface area (Å²) in [5.41, 5.74) is 0. The lowest BCUT2D eigenvalue weighted by molar-refractivity contribution is -0.175. The number of nitrogens with one attached hydrogen (secondary N) is 2. The van der Waals surface area contributed by atoms with Crippen LogP contribution < -0.4 is 10.6 Å². The van der Waals surface area contributed by atoms with Crippen LogP contribution in [0.3, 0.4) is 0 Å². The summed E-state index contributed by atoms with van der Waals surface area (Å²) < 4.78 is 83.6. The van der Waals surface area contributed by atoms with E-state index in [0.717, 1.165) is 21.6 Å². The van der Waals surface area contributed by atoms with Gasteiger partial charge in [0.15, 0.2) is 0 Å². The van der Waals surface area contributed by atoms with E-state index in [0.29, 0.717) is 0 Å². The highest BCUT2D eigenvalue weighted by molar-refractivity contribution is 8.76. The highest BCUT2D eigenvalue weighted by Crippen LogP contribution is 2.25. The van der Waals surface area contributed by atoms with E-state index < -0.39 is 48.2 Å². The summed E-state index contributed by atoms with van der Waals surface area (Å²) in [5, 5.41) is 3.08. The van der Waals surface area contributed by atoms with Gasteiger partial charge in [0.25, 0.3) is 0 Å². The van der Waals surface area contributed by atoms with E-state index in [2.05, 4.69) is 9.47 Å². The van der Waals surface area contributed by atoms with Crippen LogP contribution in [0.15, 0.2) is 0 Å². The number of esters is 2. The molecule has 0 saturated carbocycles. The first-order valence-electron chi connectivity index (χ1n) is 9.07. The van der Waals surface area contributed by atoms with Crippen molar-refractivity contribution in [2.45, 2.75) is 51.1 Å². The summed E-state index contributed by atoms with van der Waals surface area (Å²) in [6.07, 6.45) is -10.8. The van der Waals surface area contributed by atoms with Gasteiger partial charge in [-0.05, 0) is 26.7 Å². The number of hydrogen-bond acceptors (Lipinski definition) is 8. The second kappa shape index (κ2) is 14.3. The molecule has 2 amide bonds. The maximum absolute atomic E-state index is 12.4. The molecular formula is C16H22F6N2O6S2. The van der Waals surface area contributed by atoms with Gasteiger partial charge in [0.05, 0.1) is 13.2 Å². The fourth-order valence-electron chi connectivity index (χ4n) is 1.91. The van der Waals surface area contributed by atoms with Crippen molar-refractivity contribution in [2.75, 3.05) is 24.7 Å². The third kappa shape index (κ3) is 12.3. The Labute approximate surface area is 187 Å². The van der Waals surface area contributed by atoms with Crippen molar-refractivity contribution in [3.63, 3.8) is 0 Å². The average molecular weight is 516 g/mol. The van der Waals surface area contributed by atoms with Crippen molar-refractivity contribution in [3.05, 3.63) is 0 Å². The van der Waals surface area contributed by atoms with Crippen molar-refractivity contribution in [2.24, 2.45) is 0 Å². The Balaban J connectivity index is 4.65. The Morgan fingerprint density at radius 2 is 1.03 bits per heavy atom. The number of alkyl halides is 6. The van der Waals surface area contributed by atoms with Crippen LogP contribution in [0.4, 0.5) is 26.3 Å². The molecule has 0 bridgehead atoms. The molecule has 0 fully saturated rings. The van der Waals surface area contributed by atoms with E-state index >= 15 is 0 Å². The lowest BCUT2D eigenvalue weighted by atomic mass is 10.2. The molecule has 2 N–H and O–H groups in total. The summed E-state index contributed by atoms with van der Waals surface area (Å²) in [7, 11) is 2.06. The fourth-order valence-corrected chi connectivity index (χ4v) is 4.10. The molecule has 2 atom stereocenters. The molecule has 0 aliphatic carbocycles. The van der Waals surface area contributed by atoms with Gasteiger partial charge in [0, 0.05) is 11.5 Å². The number of amides is 2. The zero-order valence-electron chi connectivity index (χ0n) is 16.9. The van der Waals surface area contributed by atoms with Crippen molar-refractivity contribution in [3.8, 4) is 0 Å². The topological polar surface area (TPSA) is 111 Å². The highest BCUT2D eigenvalue weighted by atomic mass is 33.1. The molecule has 8 nitrogen and oxygen atoms in total. The molecule has 0 aromatic heterocycles. The van der Waals surface area contributed by atoms with Gasteiger partial charge >= 0.3 is 36.1 Å². The third-order valence-corrected chi connectivity index (χ3v) is 5.80. The Morgan fingerprint density at radius 1 is 0.719 bits per heavy atom. The van der Waals surface area contributed by atoms with Crippen LogP contribution in [0.1, 0.15) is 26.7 Å². The van der Waals surface area contributed by atoms with Crippen LogP contribution in [-0.4, -0.2) is 72.9 Å². The van der Waals surface area contributed by atoms with Crippen LogP contribution in [0.2, 0.25) is 0 Å². The second-order valence-electron chi connectivity index (χ2n) is 5.77. The van der Waals surface area contributed by atoms with E-state index in [1.165, 1.54) is 24.5 Å². The lowest BCUT2D eigenvalue weighted by Crippen LogP contribution is -2.47. The Morgan fingerprint density at radius 3 is 1.28 bits per heavy atom. The van der Waals surface area contributed by atoms with Gasteiger partial charge in [-0.25, -0.2) is 9.59 Å². The van der Waals surface area contributed by atoms with Gasteiger partial charge < -0.3 is 20.1 Å². The monoisotopic (exact) mass is 516 g/mol. The summed E-state index contributed by atoms with van der Waals surface area (Å²) in [5.74, 6) is -6.58. The van der Waals surface area contributed by atoms with Gasteiger partial charge in [0.2, 0.25) is 0 Å². The minimum absolute atomic E-state index is 0.0608. The maximum atomic E-state index is 12.4. The highest BCUT2D eigenvalue weighted by Gasteiger charge is 2.42. The fraction of sp³-hybridized carbons (Fsp3) is 0.750. The van der Waals surface area contributed by atoms with Crippen LogP contribution in [0.5, 0.6) is 0 Å². The molecular weight excluding hydrogens is 494 g/mol. The van der Waals surface area contributed by atoms with E-state index in [-0.39, 0.29) is 37.6 Å². The van der Waals surface area contributed by atoms with Crippen LogP contribution in [-0.2, 0) is 28.7 Å². The van der Waals surface area contributed by atoms with Gasteiger partial charge in [-0.3, -0.25) is 9.59 Å². The predicted molar refractivity (Wildman–Crippen MR) is 103 cm³/mol. The molecule has 16 heteroatoms. The molecule has 0 aromatic carbocycles. The Kier molecular flexibility index (Phi) is 13.5. The smallest absolute Gasteiger partial charge is 0.464 e. The van der Waals surface area contributed by atoms with Gasteiger partial charge in [-0.1, -0.05) is 21.6 Å². The molecule has 0 spiro atoms. The molecule has 0 aliphatic rings. The zero-order valence-corrected chi connectivity index (χ0v) is 18.6. The number of carbonyl (C=O) groups is 4. The van der Waals surface area contributed by atoms with E-state index in [1.807, 2.05) is 0 Å². The minimum Gasteiger partial charge on any atom is -0.464 e. The van der Waals surface area contributed by atoms with Crippen molar-refractivity contribution in [1.82, 2.24) is 10.6 Å². The summed E-state index contributed by atoms with van der Waals surface area (Å²) >= 11 is 0. The first kappa shape index (κ1) is 30.2. The third-order valence-electron chi connectivity index (χ3n) is 3.33. The van der Waals surface area contributed by atoms with E-state index in [1.54, 1.807) is 0 Å². The van der Waals surface area contributed by atoms with E-state index in [4.69, 9.17) is 0 Å². The van der Waals surface area contributed by atoms with Gasteiger partial charge in [-0.15, -0.1) is 0 Å². The van der Waals surface area contributed by atoms with E-state index in [9.17, 15) is 45.5 Å². The van der Waals surface area contributed by atoms with Crippen LogP contribution >= 0.6 is 21.6 Å². The largest absolute Gasteiger partial charge is 0.471 e. The first-order valence-corrected chi connectivity index (χ1v) is 11.6. The van der Waals surface area contributed by atoms with Crippen molar-refractivity contribution >= 4 is 45.3 Å². The van der Waals surface area contributed by atoms with Gasteiger partial charge in [-0.2, -0.15) is 26.3 Å². The molecule has 186 valence electrons. The lowest BCUT2D eigenvalue weighted by Gasteiger charge is -2.18. The number of hydrogen-bond donors (Lipinski definition) is 2. The molecule has 32 heavy (non-hydrogen) atoms. The first-order chi connectivity index (χ1) is 14.7. The van der Waals surface area contributed by atoms with Crippen molar-refractivity contribution < 1.29 is 55.0 Å². The summed E-state index contributed by atoms with van der Waals surface area (Å²) in [6, 6.07) is -3.09. The SMILES string of the molecule is CCOC(=O)[C@@H](CCSSCC[C@@H](NC(=O)C(F)(F)F)C(=O)OCC)NC(=O)C(F)(F)F. The molecule has 0 saturated heterocycles. The summed E-state index contributed by atoms with van der Waals surface area (Å²) in [6.45, 7) is 2.64. The Bertz CT molecular complexity index is 593. The second-order valence-corrected chi connectivity index (χ2v) is 8.48. The number of ether oxygens (including phenoxy) is 2. The van der Waals surface area contributed by atoms with Crippen molar-refractivity contribution in [1.29, 1.82) is 0 Å². The molecule has 0 heterocycles. The standard InChI is InChI=1S/C16H22F6N2O6S2/c1-3-29-11(25)9(23-13(27)15(17,18)19)5-7-31-32-8-6-10(12(26)30-4-2)24-14(28)16(20,21)22/h9-10H,3-8H2,1-2H3,(H,23,27)(H,24,28)/t9-,10-/m1/s1. The maximum Gasteiger partial charge on any atom is 0.471 e. The molecule has 0 aliphatic heterocycles. The zero-order chi connectivity index (χ0) is 24.9. The quantitative estimate of drug-likeness (QED) is 0.166. The summed E-state index contributed by atoms with van der Waals surface area (Å²) in [4.78, 5) is 45.6. The number of carbonyl (C=O) groups excluding carboxylic acids is 4. The molecule has 0 aromatic rings. The number of rotatable bonds is 13. The Hall–Kier alpha value is -1.84. The van der Waals surface area contributed by atoms with Crippen LogP contribution in [0.25, 0.3) is 0 Å². The van der Waals surface area contributed by atoms with Crippen LogP contribution in [0, 0.1) is 0 Å². The molecule has 0 radical (unpaired) electrons. The average Bonchev–Trinajstić information content (AvgIpc) is 2.67. The number of halogens is 6. The normalized spacial score (nSPS) is 13.6. The van der Waals surface area contributed by atoms with Gasteiger partial charge in [0.1, 0.15) is 12.1 Å². The minimum atomic E-state index is -5.18. The molecule has 0 rings (SSSR count). The molecule has 0 unspecified atom stereocenters. The predicted octanol–water partition coefficient (Wildman–Crippen LogP) is 2.37.